The SMILES string of the molecule is CC(C)C(COc1ccc(-c2nc3ccccc3s2)c(F)c1)Nc1ccc(C(=O)NCCC(=O)O)cn1. The normalized spacial score (nSPS) is 11.9. The van der Waals surface area contributed by atoms with Gasteiger partial charge in [-0.15, -0.1) is 11.3 Å². The Balaban J connectivity index is 1.36. The molecule has 8 nitrogen and oxygen atoms in total. The smallest absolute Gasteiger partial charge is 0.305 e. The number of carboxylic acids is 1. The summed E-state index contributed by atoms with van der Waals surface area (Å²) < 4.78 is 21.8. The van der Waals surface area contributed by atoms with Crippen molar-refractivity contribution in [2.45, 2.75) is 26.3 Å². The van der Waals surface area contributed by atoms with Gasteiger partial charge in [-0.1, -0.05) is 26.0 Å². The predicted molar refractivity (Wildman–Crippen MR) is 142 cm³/mol. The van der Waals surface area contributed by atoms with Gasteiger partial charge in [-0.2, -0.15) is 0 Å². The van der Waals surface area contributed by atoms with Crippen LogP contribution in [0.15, 0.2) is 60.8 Å². The number of hydrogen-bond donors (Lipinski definition) is 3. The van der Waals surface area contributed by atoms with Crippen molar-refractivity contribution < 1.29 is 23.8 Å². The van der Waals surface area contributed by atoms with E-state index < -0.39 is 11.8 Å². The van der Waals surface area contributed by atoms with Crippen LogP contribution in [0.1, 0.15) is 30.6 Å². The van der Waals surface area contributed by atoms with E-state index in [0.29, 0.717) is 27.7 Å². The fraction of sp³-hybridized carbons (Fsp3) is 0.259. The lowest BCUT2D eigenvalue weighted by molar-refractivity contribution is -0.136. The summed E-state index contributed by atoms with van der Waals surface area (Å²) in [5.41, 5.74) is 1.61. The van der Waals surface area contributed by atoms with Gasteiger partial charge in [-0.05, 0) is 42.3 Å². The van der Waals surface area contributed by atoms with E-state index in [1.165, 1.54) is 23.6 Å². The minimum Gasteiger partial charge on any atom is -0.491 e. The molecule has 3 N–H and O–H groups in total. The average molecular weight is 523 g/mol. The fourth-order valence-corrected chi connectivity index (χ4v) is 4.51. The number of hydrogen-bond acceptors (Lipinski definition) is 7. The third-order valence-electron chi connectivity index (χ3n) is 5.68. The van der Waals surface area contributed by atoms with Crippen molar-refractivity contribution in [2.75, 3.05) is 18.5 Å². The first-order valence-electron chi connectivity index (χ1n) is 11.8. The maximum absolute atomic E-state index is 14.9. The second kappa shape index (κ2) is 11.8. The molecule has 2 aromatic heterocycles. The van der Waals surface area contributed by atoms with Crippen molar-refractivity contribution in [1.29, 1.82) is 0 Å². The number of halogens is 1. The molecular weight excluding hydrogens is 495 g/mol. The molecule has 192 valence electrons. The molecular formula is C27H27FN4O4S. The molecule has 0 aliphatic rings. The van der Waals surface area contributed by atoms with Crippen molar-refractivity contribution >= 4 is 39.2 Å². The largest absolute Gasteiger partial charge is 0.491 e. The van der Waals surface area contributed by atoms with Crippen LogP contribution in [0.25, 0.3) is 20.8 Å². The molecule has 0 bridgehead atoms. The molecule has 0 saturated heterocycles. The average Bonchev–Trinajstić information content (AvgIpc) is 3.30. The molecule has 0 fully saturated rings. The number of amides is 1. The first-order chi connectivity index (χ1) is 17.8. The minimum absolute atomic E-state index is 0.0447. The Labute approximate surface area is 217 Å². The van der Waals surface area contributed by atoms with Crippen LogP contribution < -0.4 is 15.4 Å². The third-order valence-corrected chi connectivity index (χ3v) is 6.75. The van der Waals surface area contributed by atoms with Crippen LogP contribution in [0, 0.1) is 11.7 Å². The van der Waals surface area contributed by atoms with Crippen molar-refractivity contribution in [1.82, 2.24) is 15.3 Å². The third kappa shape index (κ3) is 6.79. The van der Waals surface area contributed by atoms with Gasteiger partial charge < -0.3 is 20.5 Å². The van der Waals surface area contributed by atoms with Gasteiger partial charge in [0.2, 0.25) is 0 Å². The highest BCUT2D eigenvalue weighted by Crippen LogP contribution is 2.33. The highest BCUT2D eigenvalue weighted by atomic mass is 32.1. The number of para-hydroxylation sites is 1. The highest BCUT2D eigenvalue weighted by molar-refractivity contribution is 7.21. The second-order valence-corrected chi connectivity index (χ2v) is 9.80. The number of benzene rings is 2. The number of aliphatic carboxylic acids is 1. The summed E-state index contributed by atoms with van der Waals surface area (Å²) in [5, 5.41) is 15.1. The van der Waals surface area contributed by atoms with E-state index in [0.717, 1.165) is 10.2 Å². The summed E-state index contributed by atoms with van der Waals surface area (Å²) in [5.74, 6) is -0.623. The molecule has 1 amide bonds. The van der Waals surface area contributed by atoms with Gasteiger partial charge in [-0.3, -0.25) is 9.59 Å². The van der Waals surface area contributed by atoms with Crippen LogP contribution in [0.4, 0.5) is 10.2 Å². The first-order valence-corrected chi connectivity index (χ1v) is 12.6. The monoisotopic (exact) mass is 522 g/mol. The van der Waals surface area contributed by atoms with Crippen molar-refractivity contribution in [3.63, 3.8) is 0 Å². The Kier molecular flexibility index (Phi) is 8.29. The predicted octanol–water partition coefficient (Wildman–Crippen LogP) is 5.22. The van der Waals surface area contributed by atoms with Crippen molar-refractivity contribution in [3.05, 3.63) is 72.2 Å². The molecule has 1 unspecified atom stereocenters. The van der Waals surface area contributed by atoms with Gasteiger partial charge in [0.05, 0.1) is 28.2 Å². The number of rotatable bonds is 11. The van der Waals surface area contributed by atoms with E-state index in [-0.39, 0.29) is 37.4 Å². The topological polar surface area (TPSA) is 113 Å². The number of ether oxygens (including phenoxy) is 1. The van der Waals surface area contributed by atoms with Gasteiger partial charge in [0.15, 0.2) is 0 Å². The molecule has 2 heterocycles. The molecule has 4 aromatic rings. The van der Waals surface area contributed by atoms with Gasteiger partial charge in [0.1, 0.15) is 29.0 Å². The lowest BCUT2D eigenvalue weighted by Gasteiger charge is -2.23. The lowest BCUT2D eigenvalue weighted by Crippen LogP contribution is -2.32. The lowest BCUT2D eigenvalue weighted by atomic mass is 10.1. The molecule has 37 heavy (non-hydrogen) atoms. The molecule has 0 aliphatic carbocycles. The second-order valence-electron chi connectivity index (χ2n) is 8.77. The molecule has 4 rings (SSSR count). The number of nitrogens with one attached hydrogen (secondary N) is 2. The van der Waals surface area contributed by atoms with Gasteiger partial charge in [-0.25, -0.2) is 14.4 Å². The summed E-state index contributed by atoms with van der Waals surface area (Å²) in [4.78, 5) is 31.5. The van der Waals surface area contributed by atoms with E-state index in [1.807, 2.05) is 38.1 Å². The first kappa shape index (κ1) is 26.0. The summed E-state index contributed by atoms with van der Waals surface area (Å²) in [6.45, 7) is 4.38. The number of thiazole rings is 1. The number of carbonyl (C=O) groups excluding carboxylic acids is 1. The standard InChI is InChI=1S/C27H27FN4O4S/c1-16(2)22(31-24-10-7-17(14-30-24)26(35)29-12-11-25(33)34)15-36-18-8-9-19(20(28)13-18)27-32-21-5-3-4-6-23(21)37-27/h3-10,13-14,16,22H,11-12,15H2,1-2H3,(H,29,35)(H,30,31)(H,33,34). The van der Waals surface area contributed by atoms with Gasteiger partial charge in [0.25, 0.3) is 5.91 Å². The molecule has 1 atom stereocenters. The van der Waals surface area contributed by atoms with Crippen LogP contribution in [-0.2, 0) is 4.79 Å². The highest BCUT2D eigenvalue weighted by Gasteiger charge is 2.17. The quantitative estimate of drug-likeness (QED) is 0.248. The van der Waals surface area contributed by atoms with Crippen LogP contribution in [-0.4, -0.2) is 46.1 Å². The van der Waals surface area contributed by atoms with Crippen molar-refractivity contribution in [2.24, 2.45) is 5.92 Å². The zero-order chi connectivity index (χ0) is 26.4. The zero-order valence-corrected chi connectivity index (χ0v) is 21.2. The molecule has 0 radical (unpaired) electrons. The van der Waals surface area contributed by atoms with Crippen LogP contribution >= 0.6 is 11.3 Å². The fourth-order valence-electron chi connectivity index (χ4n) is 3.52. The van der Waals surface area contributed by atoms with E-state index in [4.69, 9.17) is 9.84 Å². The maximum Gasteiger partial charge on any atom is 0.305 e. The summed E-state index contributed by atoms with van der Waals surface area (Å²) in [6, 6.07) is 15.7. The van der Waals surface area contributed by atoms with E-state index in [1.54, 1.807) is 24.3 Å². The molecule has 10 heteroatoms. The van der Waals surface area contributed by atoms with E-state index in [9.17, 15) is 14.0 Å². The maximum atomic E-state index is 14.9. The summed E-state index contributed by atoms with van der Waals surface area (Å²) in [7, 11) is 0. The van der Waals surface area contributed by atoms with Gasteiger partial charge >= 0.3 is 5.97 Å². The number of carboxylic acid groups (broad SMARTS) is 1. The summed E-state index contributed by atoms with van der Waals surface area (Å²) >= 11 is 1.44. The number of aromatic nitrogens is 2. The summed E-state index contributed by atoms with van der Waals surface area (Å²) in [6.07, 6.45) is 1.27. The van der Waals surface area contributed by atoms with Crippen molar-refractivity contribution in [3.8, 4) is 16.3 Å². The van der Waals surface area contributed by atoms with E-state index >= 15 is 0 Å². The Morgan fingerprint density at radius 3 is 2.62 bits per heavy atom. The Morgan fingerprint density at radius 1 is 1.14 bits per heavy atom. The Hall–Kier alpha value is -4.05. The Morgan fingerprint density at radius 2 is 1.95 bits per heavy atom. The van der Waals surface area contributed by atoms with E-state index in [2.05, 4.69) is 20.6 Å². The molecule has 0 aliphatic heterocycles. The number of pyridine rings is 1. The number of nitrogens with zero attached hydrogens (tertiary/aromatic N) is 2. The molecule has 0 saturated carbocycles. The number of anilines is 1. The van der Waals surface area contributed by atoms with Crippen LogP contribution in [0.5, 0.6) is 5.75 Å². The minimum atomic E-state index is -0.980. The van der Waals surface area contributed by atoms with Crippen LogP contribution in [0.2, 0.25) is 0 Å². The number of carbonyl (C=O) groups is 2. The Bertz CT molecular complexity index is 1360. The molecule has 2 aromatic carbocycles. The van der Waals surface area contributed by atoms with Gasteiger partial charge in [0, 0.05) is 24.4 Å². The zero-order valence-electron chi connectivity index (χ0n) is 20.4. The van der Waals surface area contributed by atoms with Crippen LogP contribution in [0.3, 0.4) is 0 Å². The number of fused-ring (bicyclic) bond motifs is 1. The molecule has 0 spiro atoms.